The third-order valence-electron chi connectivity index (χ3n) is 9.00. The van der Waals surface area contributed by atoms with Crippen molar-refractivity contribution in [3.63, 3.8) is 0 Å². The maximum absolute atomic E-state index is 9.99. The molecule has 0 spiro atoms. The molecule has 4 aliphatic rings. The first-order chi connectivity index (χ1) is 15.9. The average Bonchev–Trinajstić information content (AvgIpc) is 2.84. The molecule has 1 atom stereocenters. The number of hydrogen-bond acceptors (Lipinski definition) is 6. The molecule has 0 aromatic carbocycles. The van der Waals surface area contributed by atoms with E-state index in [1.807, 2.05) is 12.4 Å². The van der Waals surface area contributed by atoms with Gasteiger partial charge in [-0.2, -0.15) is 0 Å². The molecule has 4 saturated carbocycles. The Hall–Kier alpha value is -1.79. The first kappa shape index (κ1) is 23.0. The molecule has 33 heavy (non-hydrogen) atoms. The number of aliphatic hydroxyl groups excluding tert-OH is 1. The summed E-state index contributed by atoms with van der Waals surface area (Å²) in [6, 6.07) is 0. The molecule has 6 rings (SSSR count). The van der Waals surface area contributed by atoms with E-state index in [1.165, 1.54) is 5.56 Å². The molecular formula is C27H40N4O2. The van der Waals surface area contributed by atoms with Crippen molar-refractivity contribution < 1.29 is 9.84 Å². The van der Waals surface area contributed by atoms with Gasteiger partial charge in [0.25, 0.3) is 0 Å². The van der Waals surface area contributed by atoms with Crippen molar-refractivity contribution in [3.8, 4) is 5.88 Å². The Bertz CT molecular complexity index is 961. The summed E-state index contributed by atoms with van der Waals surface area (Å²) in [5.74, 6) is 2.52. The molecule has 3 N–H and O–H groups in total. The third kappa shape index (κ3) is 4.74. The topological polar surface area (TPSA) is 94.2 Å². The lowest BCUT2D eigenvalue weighted by Crippen LogP contribution is -2.53. The molecule has 0 radical (unpaired) electrons. The van der Waals surface area contributed by atoms with E-state index < -0.39 is 0 Å². The molecule has 2 bridgehead atoms. The van der Waals surface area contributed by atoms with Crippen LogP contribution in [0, 0.1) is 11.3 Å². The highest BCUT2D eigenvalue weighted by Crippen LogP contribution is 2.51. The number of pyridine rings is 1. The molecule has 2 aromatic heterocycles. The van der Waals surface area contributed by atoms with Crippen LogP contribution in [0.5, 0.6) is 5.88 Å². The van der Waals surface area contributed by atoms with Crippen molar-refractivity contribution >= 4 is 10.9 Å². The summed E-state index contributed by atoms with van der Waals surface area (Å²) in [7, 11) is 0. The van der Waals surface area contributed by atoms with Crippen LogP contribution < -0.4 is 10.5 Å². The highest BCUT2D eigenvalue weighted by Gasteiger charge is 2.47. The van der Waals surface area contributed by atoms with Gasteiger partial charge in [0.2, 0.25) is 5.88 Å². The number of ether oxygens (including phenoxy) is 1. The second-order valence-corrected chi connectivity index (χ2v) is 11.4. The second-order valence-electron chi connectivity index (χ2n) is 11.4. The number of nitrogens with two attached hydrogens (primary N) is 1. The largest absolute Gasteiger partial charge is 0.477 e. The standard InChI is InChI=1S/C27H40N4O2/c1-3-18(2)14-23-29-16-22-24(31-23)21(19-4-6-20(32)7-5-19)15-30-25(22)33-17-26-8-11-27(28,12-9-26)13-10-26/h15-16,18-20,32H,3-14,17,28H2,1-2H3/t18-,19?,20?,26?,27?/m0/s1. The van der Waals surface area contributed by atoms with E-state index in [0.717, 1.165) is 93.8 Å². The van der Waals surface area contributed by atoms with Gasteiger partial charge in [0, 0.05) is 35.3 Å². The van der Waals surface area contributed by atoms with Crippen molar-refractivity contribution in [2.75, 3.05) is 6.61 Å². The molecule has 0 unspecified atom stereocenters. The summed E-state index contributed by atoms with van der Waals surface area (Å²) in [5, 5.41) is 10.9. The van der Waals surface area contributed by atoms with Crippen molar-refractivity contribution in [2.45, 2.75) is 108 Å². The minimum atomic E-state index is -0.170. The number of aliphatic hydroxyl groups is 1. The highest BCUT2D eigenvalue weighted by atomic mass is 16.5. The predicted octanol–water partition coefficient (Wildman–Crippen LogP) is 5.06. The zero-order chi connectivity index (χ0) is 23.1. The molecule has 6 heteroatoms. The molecule has 0 aliphatic heterocycles. The molecular weight excluding hydrogens is 412 g/mol. The van der Waals surface area contributed by atoms with E-state index in [2.05, 4.69) is 13.8 Å². The number of hydrogen-bond donors (Lipinski definition) is 2. The molecule has 6 nitrogen and oxygen atoms in total. The SMILES string of the molecule is CC[C@H](C)Cc1ncc2c(OCC34CCC(N)(CC3)CC4)ncc(C3CCC(O)CC3)c2n1. The van der Waals surface area contributed by atoms with Gasteiger partial charge in [-0.3, -0.25) is 0 Å². The van der Waals surface area contributed by atoms with Crippen molar-refractivity contribution in [3.05, 3.63) is 23.8 Å². The fraction of sp³-hybridized carbons (Fsp3) is 0.741. The fourth-order valence-corrected chi connectivity index (χ4v) is 6.14. The van der Waals surface area contributed by atoms with Crippen molar-refractivity contribution in [1.82, 2.24) is 15.0 Å². The summed E-state index contributed by atoms with van der Waals surface area (Å²) in [4.78, 5) is 14.6. The fourth-order valence-electron chi connectivity index (χ4n) is 6.14. The summed E-state index contributed by atoms with van der Waals surface area (Å²) < 4.78 is 6.44. The van der Waals surface area contributed by atoms with Gasteiger partial charge in [0.05, 0.1) is 23.6 Å². The Labute approximate surface area is 197 Å². The molecule has 180 valence electrons. The van der Waals surface area contributed by atoms with E-state index in [4.69, 9.17) is 25.4 Å². The van der Waals surface area contributed by atoms with E-state index in [-0.39, 0.29) is 17.1 Å². The summed E-state index contributed by atoms with van der Waals surface area (Å²) in [6.07, 6.45) is 16.2. The second kappa shape index (κ2) is 9.10. The van der Waals surface area contributed by atoms with Gasteiger partial charge in [-0.25, -0.2) is 15.0 Å². The Balaban J connectivity index is 1.43. The van der Waals surface area contributed by atoms with E-state index in [1.54, 1.807) is 0 Å². The van der Waals surface area contributed by atoms with Gasteiger partial charge in [0.15, 0.2) is 0 Å². The van der Waals surface area contributed by atoms with Gasteiger partial charge in [-0.05, 0) is 76.0 Å². The van der Waals surface area contributed by atoms with Gasteiger partial charge in [-0.15, -0.1) is 0 Å². The Morgan fingerprint density at radius 2 is 1.76 bits per heavy atom. The molecule has 0 saturated heterocycles. The van der Waals surface area contributed by atoms with E-state index in [0.29, 0.717) is 24.3 Å². The van der Waals surface area contributed by atoms with E-state index in [9.17, 15) is 5.11 Å². The molecule has 2 aromatic rings. The monoisotopic (exact) mass is 452 g/mol. The Morgan fingerprint density at radius 1 is 1.06 bits per heavy atom. The van der Waals surface area contributed by atoms with Gasteiger partial charge in [0.1, 0.15) is 5.82 Å². The molecule has 2 heterocycles. The lowest BCUT2D eigenvalue weighted by molar-refractivity contribution is 0.00452. The van der Waals surface area contributed by atoms with Crippen LogP contribution in [0.1, 0.15) is 102 Å². The summed E-state index contributed by atoms with van der Waals surface area (Å²) >= 11 is 0. The van der Waals surface area contributed by atoms with Gasteiger partial charge in [-0.1, -0.05) is 20.3 Å². The molecule has 0 amide bonds. The number of rotatable bonds is 7. The highest BCUT2D eigenvalue weighted by molar-refractivity contribution is 5.85. The zero-order valence-corrected chi connectivity index (χ0v) is 20.4. The van der Waals surface area contributed by atoms with Gasteiger partial charge >= 0.3 is 0 Å². The minimum absolute atomic E-state index is 0.0712. The Kier molecular flexibility index (Phi) is 6.34. The number of fused-ring (bicyclic) bond motifs is 4. The van der Waals surface area contributed by atoms with Crippen LogP contribution in [0.25, 0.3) is 10.9 Å². The summed E-state index contributed by atoms with van der Waals surface area (Å²) in [5.41, 5.74) is 9.01. The van der Waals surface area contributed by atoms with Crippen LogP contribution >= 0.6 is 0 Å². The van der Waals surface area contributed by atoms with Crippen LogP contribution in [-0.4, -0.2) is 38.3 Å². The number of nitrogens with zero attached hydrogens (tertiary/aromatic N) is 3. The first-order valence-electron chi connectivity index (χ1n) is 13.1. The maximum Gasteiger partial charge on any atom is 0.224 e. The number of aromatic nitrogens is 3. The van der Waals surface area contributed by atoms with Crippen molar-refractivity contribution in [1.29, 1.82) is 0 Å². The predicted molar refractivity (Wildman–Crippen MR) is 130 cm³/mol. The smallest absolute Gasteiger partial charge is 0.224 e. The van der Waals surface area contributed by atoms with Crippen molar-refractivity contribution in [2.24, 2.45) is 17.1 Å². The normalized spacial score (nSPS) is 32.7. The first-order valence-corrected chi connectivity index (χ1v) is 13.1. The zero-order valence-electron chi connectivity index (χ0n) is 20.4. The van der Waals surface area contributed by atoms with E-state index >= 15 is 0 Å². The molecule has 4 aliphatic carbocycles. The third-order valence-corrected chi connectivity index (χ3v) is 9.00. The minimum Gasteiger partial charge on any atom is -0.477 e. The Morgan fingerprint density at radius 3 is 2.42 bits per heavy atom. The quantitative estimate of drug-likeness (QED) is 0.610. The maximum atomic E-state index is 9.99. The van der Waals surface area contributed by atoms with Crippen LogP contribution in [0.3, 0.4) is 0 Å². The molecule has 4 fully saturated rings. The average molecular weight is 453 g/mol. The van der Waals surface area contributed by atoms with Crippen LogP contribution in [0.4, 0.5) is 0 Å². The lowest BCUT2D eigenvalue weighted by Gasteiger charge is -2.51. The summed E-state index contributed by atoms with van der Waals surface area (Å²) in [6.45, 7) is 5.17. The van der Waals surface area contributed by atoms with Gasteiger partial charge < -0.3 is 15.6 Å². The lowest BCUT2D eigenvalue weighted by atomic mass is 9.58. The van der Waals surface area contributed by atoms with Crippen LogP contribution in [0.2, 0.25) is 0 Å². The van der Waals surface area contributed by atoms with Crippen LogP contribution in [-0.2, 0) is 6.42 Å². The van der Waals surface area contributed by atoms with Crippen LogP contribution in [0.15, 0.2) is 12.4 Å².